The Kier molecular flexibility index (Phi) is 4.96. The van der Waals surface area contributed by atoms with Crippen LogP contribution in [-0.2, 0) is 9.53 Å². The van der Waals surface area contributed by atoms with Crippen LogP contribution in [0.1, 0.15) is 19.8 Å². The molecular weight excluding hydrogens is 300 g/mol. The zero-order valence-corrected chi connectivity index (χ0v) is 12.4. The van der Waals surface area contributed by atoms with Gasteiger partial charge in [-0.2, -0.15) is 0 Å². The highest BCUT2D eigenvalue weighted by Crippen LogP contribution is 2.17. The number of carbonyl (C=O) groups is 1. The van der Waals surface area contributed by atoms with E-state index >= 15 is 0 Å². The van der Waals surface area contributed by atoms with Gasteiger partial charge in [-0.1, -0.05) is 11.8 Å². The minimum atomic E-state index is -0.297. The Labute approximate surface area is 123 Å². The number of hydrogen-bond acceptors (Lipinski definition) is 6. The Morgan fingerprint density at radius 1 is 1.40 bits per heavy atom. The van der Waals surface area contributed by atoms with Gasteiger partial charge in [0.15, 0.2) is 15.6 Å². The normalized spacial score (nSPS) is 10.8. The molecule has 0 saturated carbocycles. The average Bonchev–Trinajstić information content (AvgIpc) is 2.78. The number of fused-ring (bicyclic) bond motifs is 1. The lowest BCUT2D eigenvalue weighted by Crippen LogP contribution is -2.07. The molecule has 7 nitrogen and oxygen atoms in total. The highest BCUT2D eigenvalue weighted by atomic mass is 32.2. The van der Waals surface area contributed by atoms with E-state index in [-0.39, 0.29) is 16.3 Å². The van der Waals surface area contributed by atoms with E-state index < -0.39 is 0 Å². The third-order valence-corrected chi connectivity index (χ3v) is 3.60. The molecule has 0 unspecified atom stereocenters. The second-order valence-corrected chi connectivity index (χ2v) is 5.42. The minimum absolute atomic E-state index is 0.196. The van der Waals surface area contributed by atoms with Gasteiger partial charge in [0, 0.05) is 12.2 Å². The summed E-state index contributed by atoms with van der Waals surface area (Å²) in [6.45, 7) is 2.18. The van der Waals surface area contributed by atoms with E-state index in [1.54, 1.807) is 6.92 Å². The summed E-state index contributed by atoms with van der Waals surface area (Å²) in [5.41, 5.74) is 0.507. The van der Waals surface area contributed by atoms with Gasteiger partial charge < -0.3 is 14.7 Å². The van der Waals surface area contributed by atoms with Crippen molar-refractivity contribution in [3.05, 3.63) is 15.1 Å². The van der Waals surface area contributed by atoms with Crippen molar-refractivity contribution in [1.29, 1.82) is 0 Å². The second-order valence-electron chi connectivity index (χ2n) is 3.93. The Morgan fingerprint density at radius 3 is 2.95 bits per heavy atom. The quantitative estimate of drug-likeness (QED) is 0.325. The van der Waals surface area contributed by atoms with Crippen LogP contribution in [0.25, 0.3) is 11.2 Å². The molecule has 0 aromatic carbocycles. The number of rotatable bonds is 6. The number of H-pyrrole nitrogens is 3. The van der Waals surface area contributed by atoms with Gasteiger partial charge in [-0.15, -0.1) is 0 Å². The molecular formula is C11H14N4O3S2. The predicted molar refractivity (Wildman–Crippen MR) is 78.5 cm³/mol. The second kappa shape index (κ2) is 6.71. The molecule has 0 amide bonds. The number of hydrogen-bond donors (Lipinski definition) is 3. The molecule has 0 saturated heterocycles. The number of aromatic amines is 3. The van der Waals surface area contributed by atoms with Crippen molar-refractivity contribution in [1.82, 2.24) is 19.9 Å². The first-order chi connectivity index (χ1) is 9.60. The lowest BCUT2D eigenvalue weighted by atomic mass is 10.3. The van der Waals surface area contributed by atoms with Gasteiger partial charge in [0.25, 0.3) is 5.56 Å². The smallest absolute Gasteiger partial charge is 0.305 e. The third kappa shape index (κ3) is 3.70. The van der Waals surface area contributed by atoms with Gasteiger partial charge in [-0.25, -0.2) is 4.98 Å². The highest BCUT2D eigenvalue weighted by Gasteiger charge is 2.08. The zero-order chi connectivity index (χ0) is 14.5. The first-order valence-electron chi connectivity index (χ1n) is 6.11. The molecule has 9 heteroatoms. The third-order valence-electron chi connectivity index (χ3n) is 2.44. The van der Waals surface area contributed by atoms with Gasteiger partial charge in [-0.3, -0.25) is 14.6 Å². The van der Waals surface area contributed by atoms with E-state index in [2.05, 4.69) is 19.9 Å². The van der Waals surface area contributed by atoms with Crippen LogP contribution in [0.3, 0.4) is 0 Å². The van der Waals surface area contributed by atoms with Crippen LogP contribution < -0.4 is 5.56 Å². The van der Waals surface area contributed by atoms with Crippen molar-refractivity contribution in [2.75, 3.05) is 12.4 Å². The van der Waals surface area contributed by atoms with E-state index in [4.69, 9.17) is 17.0 Å². The Morgan fingerprint density at radius 2 is 2.20 bits per heavy atom. The van der Waals surface area contributed by atoms with Crippen molar-refractivity contribution in [3.8, 4) is 0 Å². The summed E-state index contributed by atoms with van der Waals surface area (Å²) in [4.78, 5) is 35.2. The average molecular weight is 314 g/mol. The zero-order valence-electron chi connectivity index (χ0n) is 10.8. The molecule has 0 aliphatic carbocycles. The molecule has 0 atom stereocenters. The van der Waals surface area contributed by atoms with Gasteiger partial charge in [0.1, 0.15) is 5.52 Å². The standard InChI is InChI=1S/C11H14N4O3S2/c1-2-18-6(16)4-3-5-20-11-12-7-8(14-11)13-10(19)15-9(7)17/h2-5H2,1H3,(H3,12,13,14,15,17,19). The van der Waals surface area contributed by atoms with Crippen molar-refractivity contribution in [3.63, 3.8) is 0 Å². The molecule has 0 radical (unpaired) electrons. The van der Waals surface area contributed by atoms with Gasteiger partial charge in [0.2, 0.25) is 0 Å². The molecule has 0 aliphatic rings. The summed E-state index contributed by atoms with van der Waals surface area (Å²) in [7, 11) is 0. The lowest BCUT2D eigenvalue weighted by molar-refractivity contribution is -0.143. The van der Waals surface area contributed by atoms with Crippen LogP contribution in [-0.4, -0.2) is 38.3 Å². The Bertz CT molecular complexity index is 718. The van der Waals surface area contributed by atoms with Gasteiger partial charge in [0.05, 0.1) is 6.61 Å². The topological polar surface area (TPSA) is 104 Å². The minimum Gasteiger partial charge on any atom is -0.466 e. The molecule has 0 aliphatic heterocycles. The fraction of sp³-hybridized carbons (Fsp3) is 0.455. The molecule has 2 aromatic heterocycles. The molecule has 2 heterocycles. The van der Waals surface area contributed by atoms with E-state index in [1.165, 1.54) is 11.8 Å². The molecule has 3 N–H and O–H groups in total. The molecule has 0 spiro atoms. The van der Waals surface area contributed by atoms with Crippen molar-refractivity contribution in [2.24, 2.45) is 0 Å². The maximum Gasteiger partial charge on any atom is 0.305 e. The summed E-state index contributed by atoms with van der Waals surface area (Å²) in [5, 5.41) is 0.617. The Balaban J connectivity index is 1.94. The monoisotopic (exact) mass is 314 g/mol. The molecule has 108 valence electrons. The molecule has 2 aromatic rings. The summed E-state index contributed by atoms with van der Waals surface area (Å²) >= 11 is 6.31. The van der Waals surface area contributed by atoms with Crippen LogP contribution in [0, 0.1) is 4.77 Å². The van der Waals surface area contributed by atoms with Crippen molar-refractivity contribution < 1.29 is 9.53 Å². The first kappa shape index (κ1) is 14.8. The summed E-state index contributed by atoms with van der Waals surface area (Å²) in [5.74, 6) is 0.510. The maximum atomic E-state index is 11.6. The Hall–Kier alpha value is -1.61. The number of carbonyl (C=O) groups excluding carboxylic acids is 1. The lowest BCUT2D eigenvalue weighted by Gasteiger charge is -2.00. The maximum absolute atomic E-state index is 11.6. The van der Waals surface area contributed by atoms with E-state index in [0.717, 1.165) is 0 Å². The van der Waals surface area contributed by atoms with Gasteiger partial charge >= 0.3 is 5.97 Å². The first-order valence-corrected chi connectivity index (χ1v) is 7.50. The van der Waals surface area contributed by atoms with E-state index in [0.29, 0.717) is 41.5 Å². The number of nitrogens with one attached hydrogen (secondary N) is 3. The van der Waals surface area contributed by atoms with E-state index in [1.807, 2.05) is 0 Å². The van der Waals surface area contributed by atoms with E-state index in [9.17, 15) is 9.59 Å². The van der Waals surface area contributed by atoms with Crippen LogP contribution in [0.4, 0.5) is 0 Å². The largest absolute Gasteiger partial charge is 0.466 e. The van der Waals surface area contributed by atoms with Crippen LogP contribution >= 0.6 is 24.0 Å². The van der Waals surface area contributed by atoms with Crippen LogP contribution in [0.5, 0.6) is 0 Å². The highest BCUT2D eigenvalue weighted by molar-refractivity contribution is 7.99. The van der Waals surface area contributed by atoms with Crippen molar-refractivity contribution >= 4 is 41.1 Å². The number of esters is 1. The summed E-state index contributed by atoms with van der Waals surface area (Å²) < 4.78 is 5.08. The number of nitrogens with zero attached hydrogens (tertiary/aromatic N) is 1. The molecule has 0 bridgehead atoms. The SMILES string of the molecule is CCOC(=O)CCCSc1nc2[nH]c(=S)[nH]c(=O)c2[nH]1. The van der Waals surface area contributed by atoms with Crippen LogP contribution in [0.15, 0.2) is 9.95 Å². The summed E-state index contributed by atoms with van der Waals surface area (Å²) in [6.07, 6.45) is 1.07. The van der Waals surface area contributed by atoms with Crippen molar-refractivity contribution in [2.45, 2.75) is 24.9 Å². The summed E-state index contributed by atoms with van der Waals surface area (Å²) in [6, 6.07) is 0. The molecule has 2 rings (SSSR count). The fourth-order valence-corrected chi connectivity index (χ4v) is 2.60. The fourth-order valence-electron chi connectivity index (χ4n) is 1.60. The molecule has 0 fully saturated rings. The number of ether oxygens (including phenoxy) is 1. The van der Waals surface area contributed by atoms with Gasteiger partial charge in [-0.05, 0) is 25.6 Å². The number of aromatic nitrogens is 4. The molecule has 20 heavy (non-hydrogen) atoms. The number of thioether (sulfide) groups is 1. The van der Waals surface area contributed by atoms with Crippen LogP contribution in [0.2, 0.25) is 0 Å². The number of imidazole rings is 1. The predicted octanol–water partition coefficient (Wildman–Crippen LogP) is 1.74.